The number of nitrogens with zero attached hydrogens (tertiary/aromatic N) is 3. The van der Waals surface area contributed by atoms with Crippen molar-refractivity contribution in [3.05, 3.63) is 12.7 Å². The summed E-state index contributed by atoms with van der Waals surface area (Å²) in [6.45, 7) is 1.74. The van der Waals surface area contributed by atoms with E-state index in [0.29, 0.717) is 17.0 Å². The van der Waals surface area contributed by atoms with Crippen molar-refractivity contribution < 1.29 is 24.5 Å². The molecular formula is C15H21N7O5. The molecule has 2 aromatic rings. The third kappa shape index (κ3) is 4.30. The van der Waals surface area contributed by atoms with Gasteiger partial charge < -0.3 is 36.3 Å². The highest BCUT2D eigenvalue weighted by molar-refractivity contribution is 5.86. The summed E-state index contributed by atoms with van der Waals surface area (Å²) in [4.78, 5) is 37.8. The predicted octanol–water partition coefficient (Wildman–Crippen LogP) is -1.45. The summed E-state index contributed by atoms with van der Waals surface area (Å²) in [5.41, 5.74) is 6.61. The minimum absolute atomic E-state index is 0.196. The Balaban J connectivity index is 1.62. The average Bonchev–Trinajstić information content (AvgIpc) is 3.08. The largest absolute Gasteiger partial charge is 0.481 e. The van der Waals surface area contributed by atoms with Crippen molar-refractivity contribution in [1.82, 2.24) is 25.3 Å². The Morgan fingerprint density at radius 3 is 2.96 bits per heavy atom. The minimum Gasteiger partial charge on any atom is -0.481 e. The summed E-state index contributed by atoms with van der Waals surface area (Å²) in [6.07, 6.45) is 0.382. The number of carbonyl (C=O) groups excluding carboxylic acids is 1. The van der Waals surface area contributed by atoms with E-state index in [0.717, 1.165) is 0 Å². The van der Waals surface area contributed by atoms with Gasteiger partial charge in [0.05, 0.1) is 30.9 Å². The number of aliphatic hydroxyl groups is 1. The summed E-state index contributed by atoms with van der Waals surface area (Å²) in [5.74, 6) is -1.34. The number of hydrogen-bond acceptors (Lipinski definition) is 9. The number of carbonyl (C=O) groups is 2. The van der Waals surface area contributed by atoms with Gasteiger partial charge in [-0.25, -0.2) is 15.0 Å². The lowest BCUT2D eigenvalue weighted by Crippen LogP contribution is -2.57. The molecule has 146 valence electrons. The second-order valence-electron chi connectivity index (χ2n) is 6.35. The zero-order valence-electron chi connectivity index (χ0n) is 14.5. The highest BCUT2D eigenvalue weighted by Crippen LogP contribution is 2.23. The Bertz CT molecular complexity index is 828. The molecule has 0 radical (unpaired) electrons. The second-order valence-corrected chi connectivity index (χ2v) is 6.35. The fourth-order valence-corrected chi connectivity index (χ4v) is 2.88. The molecule has 0 saturated carbocycles. The molecule has 5 atom stereocenters. The van der Waals surface area contributed by atoms with Gasteiger partial charge in [0.2, 0.25) is 5.91 Å². The molecule has 1 aliphatic heterocycles. The van der Waals surface area contributed by atoms with E-state index < -0.39 is 48.8 Å². The van der Waals surface area contributed by atoms with Gasteiger partial charge in [0.25, 0.3) is 0 Å². The Hall–Kier alpha value is -2.83. The second kappa shape index (κ2) is 7.82. The molecule has 2 aromatic heterocycles. The predicted molar refractivity (Wildman–Crippen MR) is 92.4 cm³/mol. The number of aliphatic carboxylic acids is 1. The topological polar surface area (TPSA) is 188 Å². The minimum atomic E-state index is -1.17. The van der Waals surface area contributed by atoms with Crippen LogP contribution in [0.3, 0.4) is 0 Å². The van der Waals surface area contributed by atoms with Crippen LogP contribution in [0.1, 0.15) is 19.8 Å². The van der Waals surface area contributed by atoms with Crippen molar-refractivity contribution in [3.8, 4) is 0 Å². The lowest BCUT2D eigenvalue weighted by Gasteiger charge is -2.39. The SMILES string of the molecule is C[C@@H]1O[C@H](Nc2ncnc3nc[nH]c23)[C@@H](O)C[C@H]1NC(=O)[C@@H](N)CC(=O)O. The van der Waals surface area contributed by atoms with E-state index in [4.69, 9.17) is 15.6 Å². The van der Waals surface area contributed by atoms with Crippen LogP contribution in [-0.4, -0.2) is 72.5 Å². The maximum Gasteiger partial charge on any atom is 0.305 e. The van der Waals surface area contributed by atoms with Gasteiger partial charge in [-0.1, -0.05) is 0 Å². The van der Waals surface area contributed by atoms with Crippen LogP contribution in [0.5, 0.6) is 0 Å². The Kier molecular flexibility index (Phi) is 5.48. The van der Waals surface area contributed by atoms with E-state index in [-0.39, 0.29) is 6.42 Å². The molecule has 0 bridgehead atoms. The lowest BCUT2D eigenvalue weighted by molar-refractivity contribution is -0.141. The van der Waals surface area contributed by atoms with Crippen LogP contribution in [0.25, 0.3) is 11.2 Å². The van der Waals surface area contributed by atoms with E-state index in [1.54, 1.807) is 6.92 Å². The van der Waals surface area contributed by atoms with Crippen molar-refractivity contribution >= 4 is 28.9 Å². The number of aromatic amines is 1. The molecule has 0 aliphatic carbocycles. The molecule has 27 heavy (non-hydrogen) atoms. The van der Waals surface area contributed by atoms with Crippen LogP contribution >= 0.6 is 0 Å². The quantitative estimate of drug-likeness (QED) is 0.346. The number of anilines is 1. The summed E-state index contributed by atoms with van der Waals surface area (Å²) in [7, 11) is 0. The first-order chi connectivity index (χ1) is 12.8. The number of carboxylic acid groups (broad SMARTS) is 1. The van der Waals surface area contributed by atoms with Crippen molar-refractivity contribution in [3.63, 3.8) is 0 Å². The van der Waals surface area contributed by atoms with Gasteiger partial charge in [0.15, 0.2) is 17.7 Å². The number of fused-ring (bicyclic) bond motifs is 1. The monoisotopic (exact) mass is 379 g/mol. The van der Waals surface area contributed by atoms with Crippen LogP contribution < -0.4 is 16.4 Å². The molecule has 3 heterocycles. The van der Waals surface area contributed by atoms with Crippen LogP contribution in [0.4, 0.5) is 5.82 Å². The first kappa shape index (κ1) is 18.9. The number of H-pyrrole nitrogens is 1. The van der Waals surface area contributed by atoms with Crippen molar-refractivity contribution in [2.45, 2.75) is 50.3 Å². The van der Waals surface area contributed by atoms with Gasteiger partial charge in [-0.3, -0.25) is 9.59 Å². The number of aliphatic hydroxyl groups excluding tert-OH is 1. The Morgan fingerprint density at radius 1 is 1.44 bits per heavy atom. The number of imidazole rings is 1. The smallest absolute Gasteiger partial charge is 0.305 e. The van der Waals surface area contributed by atoms with Crippen LogP contribution in [0.2, 0.25) is 0 Å². The molecule has 12 heteroatoms. The number of rotatable bonds is 6. The van der Waals surface area contributed by atoms with Gasteiger partial charge in [0.1, 0.15) is 17.9 Å². The Morgan fingerprint density at radius 2 is 2.22 bits per heavy atom. The summed E-state index contributed by atoms with van der Waals surface area (Å²) < 4.78 is 5.77. The van der Waals surface area contributed by atoms with E-state index >= 15 is 0 Å². The van der Waals surface area contributed by atoms with Gasteiger partial charge in [-0.2, -0.15) is 0 Å². The Labute approximate surface area is 153 Å². The van der Waals surface area contributed by atoms with Gasteiger partial charge in [0, 0.05) is 6.42 Å². The first-order valence-electron chi connectivity index (χ1n) is 8.37. The molecule has 0 aromatic carbocycles. The van der Waals surface area contributed by atoms with E-state index in [1.807, 2.05) is 0 Å². The molecule has 7 N–H and O–H groups in total. The maximum atomic E-state index is 12.0. The highest BCUT2D eigenvalue weighted by atomic mass is 16.5. The molecule has 1 saturated heterocycles. The fourth-order valence-electron chi connectivity index (χ4n) is 2.88. The third-order valence-corrected chi connectivity index (χ3v) is 4.33. The van der Waals surface area contributed by atoms with E-state index in [9.17, 15) is 14.7 Å². The highest BCUT2D eigenvalue weighted by Gasteiger charge is 2.37. The summed E-state index contributed by atoms with van der Waals surface area (Å²) in [5, 5.41) is 24.8. The molecule has 0 spiro atoms. The zero-order valence-corrected chi connectivity index (χ0v) is 14.5. The third-order valence-electron chi connectivity index (χ3n) is 4.33. The first-order valence-corrected chi connectivity index (χ1v) is 8.37. The lowest BCUT2D eigenvalue weighted by atomic mass is 9.99. The van der Waals surface area contributed by atoms with Crippen LogP contribution in [-0.2, 0) is 14.3 Å². The number of hydrogen-bond donors (Lipinski definition) is 6. The van der Waals surface area contributed by atoms with Gasteiger partial charge in [-0.05, 0) is 6.92 Å². The standard InChI is InChI=1S/C15H21N7O5/c1-6-8(21-14(26)7(16)2-10(24)25)3-9(23)15(27-6)22-13-11-12(18-4-17-11)19-5-20-13/h4-9,15,23H,2-3,16H2,1H3,(H,21,26)(H,24,25)(H2,17,18,19,20,22)/t6-,7-,8+,9-,15-/m0/s1. The molecule has 1 amide bonds. The number of carboxylic acids is 1. The molecular weight excluding hydrogens is 358 g/mol. The zero-order chi connectivity index (χ0) is 19.6. The van der Waals surface area contributed by atoms with Crippen molar-refractivity contribution in [2.75, 3.05) is 5.32 Å². The fraction of sp³-hybridized carbons (Fsp3) is 0.533. The number of ether oxygens (including phenoxy) is 1. The van der Waals surface area contributed by atoms with Crippen LogP contribution in [0, 0.1) is 0 Å². The number of aromatic nitrogens is 4. The van der Waals surface area contributed by atoms with Gasteiger partial charge in [-0.15, -0.1) is 0 Å². The number of nitrogens with one attached hydrogen (secondary N) is 3. The maximum absolute atomic E-state index is 12.0. The number of amides is 1. The summed E-state index contributed by atoms with van der Waals surface area (Å²) in [6, 6.07) is -1.68. The van der Waals surface area contributed by atoms with Crippen molar-refractivity contribution in [1.29, 1.82) is 0 Å². The van der Waals surface area contributed by atoms with E-state index in [1.165, 1.54) is 12.7 Å². The normalized spacial score (nSPS) is 26.5. The molecule has 12 nitrogen and oxygen atoms in total. The number of nitrogens with two attached hydrogens (primary N) is 1. The van der Waals surface area contributed by atoms with Crippen molar-refractivity contribution in [2.24, 2.45) is 5.73 Å². The molecule has 0 unspecified atom stereocenters. The molecule has 1 aliphatic rings. The van der Waals surface area contributed by atoms with E-state index in [2.05, 4.69) is 30.6 Å². The average molecular weight is 379 g/mol. The molecule has 1 fully saturated rings. The molecule has 3 rings (SSSR count). The van der Waals surface area contributed by atoms with Crippen LogP contribution in [0.15, 0.2) is 12.7 Å². The summed E-state index contributed by atoms with van der Waals surface area (Å²) >= 11 is 0. The van der Waals surface area contributed by atoms with Gasteiger partial charge >= 0.3 is 5.97 Å².